The number of ketones is 2. The van der Waals surface area contributed by atoms with Gasteiger partial charge in [0.2, 0.25) is 0 Å². The van der Waals surface area contributed by atoms with Crippen LogP contribution in [-0.2, 0) is 23.7 Å². The van der Waals surface area contributed by atoms with Crippen LogP contribution in [0.5, 0.6) is 0 Å². The van der Waals surface area contributed by atoms with Crippen molar-refractivity contribution in [2.45, 2.75) is 45.0 Å². The van der Waals surface area contributed by atoms with Gasteiger partial charge in [-0.25, -0.2) is 0 Å². The molecule has 0 amide bonds. The van der Waals surface area contributed by atoms with E-state index in [1.54, 1.807) is 48.5 Å². The zero-order valence-corrected chi connectivity index (χ0v) is 24.5. The van der Waals surface area contributed by atoms with E-state index in [0.29, 0.717) is 64.0 Å². The number of hydrogen-bond acceptors (Lipinski definition) is 10. The Kier molecular flexibility index (Phi) is 14.7. The molecule has 228 valence electrons. The van der Waals surface area contributed by atoms with E-state index in [0.717, 1.165) is 11.1 Å². The molecular formula is C31H44O10. The number of benzene rings is 2. The summed E-state index contributed by atoms with van der Waals surface area (Å²) in [6.45, 7) is 9.20. The van der Waals surface area contributed by atoms with Crippen molar-refractivity contribution in [2.24, 2.45) is 0 Å². The van der Waals surface area contributed by atoms with Gasteiger partial charge in [0.15, 0.2) is 11.6 Å². The van der Waals surface area contributed by atoms with Crippen LogP contribution in [0.25, 0.3) is 0 Å². The van der Waals surface area contributed by atoms with Crippen molar-refractivity contribution in [3.8, 4) is 0 Å². The van der Waals surface area contributed by atoms with Crippen molar-refractivity contribution in [1.82, 2.24) is 0 Å². The number of hydrogen-bond donors (Lipinski definition) is 3. The van der Waals surface area contributed by atoms with Crippen LogP contribution in [0.1, 0.15) is 65.6 Å². The lowest BCUT2D eigenvalue weighted by Crippen LogP contribution is -2.31. The molecule has 41 heavy (non-hydrogen) atoms. The third kappa shape index (κ3) is 12.5. The molecular weight excluding hydrogens is 532 g/mol. The second-order valence-corrected chi connectivity index (χ2v) is 10.4. The third-order valence-corrected chi connectivity index (χ3v) is 5.93. The van der Waals surface area contributed by atoms with E-state index in [4.69, 9.17) is 28.8 Å². The topological polar surface area (TPSA) is 141 Å². The summed E-state index contributed by atoms with van der Waals surface area (Å²) in [5.41, 5.74) is -0.633. The lowest BCUT2D eigenvalue weighted by molar-refractivity contribution is -0.0190. The largest absolute Gasteiger partial charge is 0.394 e. The van der Waals surface area contributed by atoms with Gasteiger partial charge in [-0.05, 0) is 38.8 Å². The Labute approximate surface area is 242 Å². The van der Waals surface area contributed by atoms with Crippen molar-refractivity contribution in [2.75, 3.05) is 66.1 Å². The minimum Gasteiger partial charge on any atom is -0.394 e. The zero-order valence-electron chi connectivity index (χ0n) is 24.5. The third-order valence-electron chi connectivity index (χ3n) is 5.93. The summed E-state index contributed by atoms with van der Waals surface area (Å²) in [5, 5.41) is 28.7. The number of rotatable bonds is 21. The second-order valence-electron chi connectivity index (χ2n) is 10.4. The molecule has 0 aliphatic heterocycles. The van der Waals surface area contributed by atoms with E-state index in [1.165, 1.54) is 27.7 Å². The molecule has 0 spiro atoms. The van der Waals surface area contributed by atoms with E-state index < -0.39 is 17.3 Å². The van der Waals surface area contributed by atoms with Crippen LogP contribution in [-0.4, -0.2) is 104 Å². The molecule has 0 aliphatic rings. The monoisotopic (exact) mass is 576 g/mol. The summed E-state index contributed by atoms with van der Waals surface area (Å²) >= 11 is 0. The van der Waals surface area contributed by atoms with Gasteiger partial charge in [0.25, 0.3) is 0 Å². The Balaban J connectivity index is 1.91. The average Bonchev–Trinajstić information content (AvgIpc) is 2.94. The predicted octanol–water partition coefficient (Wildman–Crippen LogP) is 2.76. The molecule has 2 aromatic carbocycles. The number of aliphatic hydroxyl groups is 3. The van der Waals surface area contributed by atoms with E-state index in [9.17, 15) is 19.8 Å². The molecule has 0 radical (unpaired) electrons. The van der Waals surface area contributed by atoms with Gasteiger partial charge in [-0.1, -0.05) is 48.5 Å². The molecule has 2 aromatic rings. The van der Waals surface area contributed by atoms with Crippen molar-refractivity contribution >= 4 is 11.6 Å². The van der Waals surface area contributed by atoms with E-state index in [1.807, 2.05) is 0 Å². The fourth-order valence-corrected chi connectivity index (χ4v) is 3.76. The molecule has 0 saturated carbocycles. The molecule has 0 fully saturated rings. The number of aliphatic hydroxyl groups excluding tert-OH is 1. The first kappa shape index (κ1) is 34.7. The molecule has 3 N–H and O–H groups in total. The Morgan fingerprint density at radius 3 is 1.22 bits per heavy atom. The first-order valence-electron chi connectivity index (χ1n) is 13.7. The highest BCUT2D eigenvalue weighted by Gasteiger charge is 2.27. The first-order chi connectivity index (χ1) is 19.4. The highest BCUT2D eigenvalue weighted by Crippen LogP contribution is 2.28. The highest BCUT2D eigenvalue weighted by molar-refractivity contribution is 6.02. The highest BCUT2D eigenvalue weighted by atomic mass is 16.6. The molecule has 0 aromatic heterocycles. The number of Topliss-reactive ketones (excluding diaryl/α,β-unsaturated/α-hetero) is 2. The van der Waals surface area contributed by atoms with Gasteiger partial charge in [-0.3, -0.25) is 9.59 Å². The van der Waals surface area contributed by atoms with Gasteiger partial charge in [0.1, 0.15) is 17.3 Å². The molecule has 0 atom stereocenters. The standard InChI is InChI=1S/C31H44O10/c1-30(2,35)28(33)25-9-5-23(6-10-25)27(24-7-11-26(12-8-24)29(34)31(3,4)36)41-22-21-40-20-19-39-18-17-38-16-15-37-14-13-32/h5-12,27,32,35-36H,13-22H2,1-4H3. The minimum absolute atomic E-state index is 0.00654. The van der Waals surface area contributed by atoms with Gasteiger partial charge in [0, 0.05) is 11.1 Å². The van der Waals surface area contributed by atoms with E-state index >= 15 is 0 Å². The van der Waals surface area contributed by atoms with Crippen molar-refractivity contribution < 1.29 is 48.6 Å². The minimum atomic E-state index is -1.48. The van der Waals surface area contributed by atoms with Crippen LogP contribution in [0.15, 0.2) is 48.5 Å². The van der Waals surface area contributed by atoms with Gasteiger partial charge >= 0.3 is 0 Å². The molecule has 0 saturated heterocycles. The van der Waals surface area contributed by atoms with Crippen LogP contribution in [0.3, 0.4) is 0 Å². The van der Waals surface area contributed by atoms with Crippen molar-refractivity contribution in [1.29, 1.82) is 0 Å². The molecule has 10 heteroatoms. The Hall–Kier alpha value is -2.54. The predicted molar refractivity (Wildman–Crippen MR) is 152 cm³/mol. The summed E-state index contributed by atoms with van der Waals surface area (Å²) in [6, 6.07) is 13.7. The molecule has 10 nitrogen and oxygen atoms in total. The number of carbonyl (C=O) groups excluding carboxylic acids is 2. The fraction of sp³-hybridized carbons (Fsp3) is 0.548. The number of carbonyl (C=O) groups is 2. The summed E-state index contributed by atoms with van der Waals surface area (Å²) in [7, 11) is 0. The Morgan fingerprint density at radius 1 is 0.585 bits per heavy atom. The SMILES string of the molecule is CC(C)(O)C(=O)c1ccc(C(OCCOCCOCCOCCOCCO)c2ccc(C(=O)C(C)(C)O)cc2)cc1. The molecule has 0 heterocycles. The first-order valence-corrected chi connectivity index (χ1v) is 13.7. The van der Waals surface area contributed by atoms with Gasteiger partial charge in [-0.2, -0.15) is 0 Å². The summed E-state index contributed by atoms with van der Waals surface area (Å²) in [6.07, 6.45) is -0.508. The van der Waals surface area contributed by atoms with Crippen LogP contribution in [0.2, 0.25) is 0 Å². The van der Waals surface area contributed by atoms with Crippen LogP contribution in [0, 0.1) is 0 Å². The second kappa shape index (κ2) is 17.4. The van der Waals surface area contributed by atoms with Crippen molar-refractivity contribution in [3.05, 3.63) is 70.8 Å². The van der Waals surface area contributed by atoms with E-state index in [2.05, 4.69) is 0 Å². The maximum atomic E-state index is 12.4. The van der Waals surface area contributed by atoms with Gasteiger partial charge in [0.05, 0.1) is 66.1 Å². The molecule has 0 aliphatic carbocycles. The molecule has 0 bridgehead atoms. The molecule has 0 unspecified atom stereocenters. The Bertz CT molecular complexity index is 967. The lowest BCUT2D eigenvalue weighted by Gasteiger charge is -2.21. The summed E-state index contributed by atoms with van der Waals surface area (Å²) in [4.78, 5) is 24.9. The lowest BCUT2D eigenvalue weighted by atomic mass is 9.92. The van der Waals surface area contributed by atoms with Crippen LogP contribution < -0.4 is 0 Å². The van der Waals surface area contributed by atoms with Gasteiger partial charge in [-0.15, -0.1) is 0 Å². The van der Waals surface area contributed by atoms with Crippen molar-refractivity contribution in [3.63, 3.8) is 0 Å². The fourth-order valence-electron chi connectivity index (χ4n) is 3.76. The maximum absolute atomic E-state index is 12.4. The Morgan fingerprint density at radius 2 is 0.902 bits per heavy atom. The van der Waals surface area contributed by atoms with Crippen LogP contribution >= 0.6 is 0 Å². The van der Waals surface area contributed by atoms with Gasteiger partial charge < -0.3 is 39.0 Å². The summed E-state index contributed by atoms with van der Waals surface area (Å²) in [5.74, 6) is -0.768. The number of ether oxygens (including phenoxy) is 5. The van der Waals surface area contributed by atoms with E-state index in [-0.39, 0.29) is 24.8 Å². The average molecular weight is 577 g/mol. The normalized spacial score (nSPS) is 12.2. The smallest absolute Gasteiger partial charge is 0.193 e. The zero-order chi connectivity index (χ0) is 30.3. The quantitative estimate of drug-likeness (QED) is 0.150. The summed E-state index contributed by atoms with van der Waals surface area (Å²) < 4.78 is 27.7. The maximum Gasteiger partial charge on any atom is 0.193 e. The van der Waals surface area contributed by atoms with Crippen LogP contribution in [0.4, 0.5) is 0 Å². The molecule has 2 rings (SSSR count).